The van der Waals surface area contributed by atoms with Crippen LogP contribution in [0.3, 0.4) is 0 Å². The van der Waals surface area contributed by atoms with Gasteiger partial charge in [-0.2, -0.15) is 0 Å². The molecule has 0 saturated carbocycles. The largest absolute Gasteiger partial charge is 0.399 e. The molecule has 0 spiro atoms. The Labute approximate surface area is 129 Å². The number of amides is 1. The topological polar surface area (TPSA) is 55.1 Å². The number of nitrogens with one attached hydrogen (secondary N) is 1. The first-order valence-corrected chi connectivity index (χ1v) is 7.91. The van der Waals surface area contributed by atoms with E-state index >= 15 is 0 Å². The summed E-state index contributed by atoms with van der Waals surface area (Å²) in [6, 6.07) is 15.5. The molecule has 0 fully saturated rings. The van der Waals surface area contributed by atoms with E-state index in [1.54, 1.807) is 0 Å². The number of benzene rings is 2. The summed E-state index contributed by atoms with van der Waals surface area (Å²) < 4.78 is 0. The summed E-state index contributed by atoms with van der Waals surface area (Å²) in [6.45, 7) is 4.30. The second kappa shape index (κ2) is 7.18. The van der Waals surface area contributed by atoms with Gasteiger partial charge in [0.15, 0.2) is 0 Å². The fourth-order valence-electron chi connectivity index (χ4n) is 1.86. The van der Waals surface area contributed by atoms with Gasteiger partial charge in [0.1, 0.15) is 0 Å². The first kappa shape index (κ1) is 15.4. The summed E-state index contributed by atoms with van der Waals surface area (Å²) in [5.41, 5.74) is 8.46. The van der Waals surface area contributed by atoms with Crippen LogP contribution in [-0.4, -0.2) is 11.7 Å². The quantitative estimate of drug-likeness (QED) is 0.645. The van der Waals surface area contributed by atoms with Crippen LogP contribution < -0.4 is 11.1 Å². The standard InChI is InChI=1S/C17H20N2OS/c1-12(2)13-3-7-15(8-4-13)19-17(20)11-21-16-9-5-14(18)6-10-16/h3-10,12H,11,18H2,1-2H3,(H,19,20). The highest BCUT2D eigenvalue weighted by atomic mass is 32.2. The predicted octanol–water partition coefficient (Wildman–Crippen LogP) is 4.12. The van der Waals surface area contributed by atoms with Crippen molar-refractivity contribution < 1.29 is 4.79 Å². The lowest BCUT2D eigenvalue weighted by Crippen LogP contribution is -2.13. The molecule has 3 nitrogen and oxygen atoms in total. The van der Waals surface area contributed by atoms with Crippen LogP contribution in [0.5, 0.6) is 0 Å². The van der Waals surface area contributed by atoms with Gasteiger partial charge in [0.05, 0.1) is 5.75 Å². The molecule has 0 aromatic heterocycles. The lowest BCUT2D eigenvalue weighted by molar-refractivity contribution is -0.113. The van der Waals surface area contributed by atoms with Gasteiger partial charge < -0.3 is 11.1 Å². The van der Waals surface area contributed by atoms with Crippen molar-refractivity contribution >= 4 is 29.0 Å². The number of nitrogen functional groups attached to an aromatic ring is 1. The molecule has 0 heterocycles. The summed E-state index contributed by atoms with van der Waals surface area (Å²) in [4.78, 5) is 13.0. The number of carbonyl (C=O) groups excluding carboxylic acids is 1. The molecule has 2 rings (SSSR count). The van der Waals surface area contributed by atoms with E-state index in [1.165, 1.54) is 17.3 Å². The molecular weight excluding hydrogens is 280 g/mol. The Morgan fingerprint density at radius 2 is 1.71 bits per heavy atom. The Hall–Kier alpha value is -1.94. The summed E-state index contributed by atoms with van der Waals surface area (Å²) in [5.74, 6) is 0.875. The Bertz CT molecular complexity index is 591. The zero-order valence-electron chi connectivity index (χ0n) is 12.3. The molecule has 3 N–H and O–H groups in total. The predicted molar refractivity (Wildman–Crippen MR) is 90.7 cm³/mol. The molecule has 0 bridgehead atoms. The third kappa shape index (κ3) is 4.83. The highest BCUT2D eigenvalue weighted by molar-refractivity contribution is 8.00. The van der Waals surface area contributed by atoms with E-state index in [2.05, 4.69) is 19.2 Å². The second-order valence-electron chi connectivity index (χ2n) is 5.18. The SMILES string of the molecule is CC(C)c1ccc(NC(=O)CSc2ccc(N)cc2)cc1. The Morgan fingerprint density at radius 3 is 2.29 bits per heavy atom. The van der Waals surface area contributed by atoms with Crippen LogP contribution in [0.4, 0.5) is 11.4 Å². The van der Waals surface area contributed by atoms with Gasteiger partial charge in [-0.15, -0.1) is 11.8 Å². The van der Waals surface area contributed by atoms with E-state index in [1.807, 2.05) is 48.5 Å². The Balaban J connectivity index is 1.85. The molecule has 1 amide bonds. The first-order chi connectivity index (χ1) is 10.0. The van der Waals surface area contributed by atoms with Crippen LogP contribution >= 0.6 is 11.8 Å². The van der Waals surface area contributed by atoms with Gasteiger partial charge in [-0.25, -0.2) is 0 Å². The molecule has 0 aliphatic rings. The third-order valence-electron chi connectivity index (χ3n) is 3.11. The zero-order chi connectivity index (χ0) is 15.2. The molecule has 0 radical (unpaired) electrons. The normalized spacial score (nSPS) is 10.6. The molecule has 21 heavy (non-hydrogen) atoms. The van der Waals surface area contributed by atoms with Crippen molar-refractivity contribution in [3.63, 3.8) is 0 Å². The fourth-order valence-corrected chi connectivity index (χ4v) is 2.56. The average Bonchev–Trinajstić information content (AvgIpc) is 2.47. The van der Waals surface area contributed by atoms with E-state index in [-0.39, 0.29) is 5.91 Å². The highest BCUT2D eigenvalue weighted by Gasteiger charge is 2.05. The van der Waals surface area contributed by atoms with E-state index in [0.717, 1.165) is 16.3 Å². The van der Waals surface area contributed by atoms with Crippen LogP contribution in [0.15, 0.2) is 53.4 Å². The van der Waals surface area contributed by atoms with E-state index in [4.69, 9.17) is 5.73 Å². The fraction of sp³-hybridized carbons (Fsp3) is 0.235. The highest BCUT2D eigenvalue weighted by Crippen LogP contribution is 2.20. The molecule has 110 valence electrons. The van der Waals surface area contributed by atoms with Gasteiger partial charge in [0, 0.05) is 16.3 Å². The summed E-state index contributed by atoms with van der Waals surface area (Å²) >= 11 is 1.50. The maximum atomic E-state index is 11.9. The van der Waals surface area contributed by atoms with Gasteiger partial charge in [0.25, 0.3) is 0 Å². The number of rotatable bonds is 5. The smallest absolute Gasteiger partial charge is 0.234 e. The van der Waals surface area contributed by atoms with Crippen LogP contribution in [0, 0.1) is 0 Å². The number of hydrogen-bond donors (Lipinski definition) is 2. The van der Waals surface area contributed by atoms with Crippen molar-refractivity contribution in [2.24, 2.45) is 0 Å². The van der Waals surface area contributed by atoms with Crippen LogP contribution in [0.25, 0.3) is 0 Å². The molecule has 0 aliphatic carbocycles. The summed E-state index contributed by atoms with van der Waals surface area (Å²) in [5, 5.41) is 2.91. The van der Waals surface area contributed by atoms with Crippen molar-refractivity contribution in [3.05, 3.63) is 54.1 Å². The van der Waals surface area contributed by atoms with Gasteiger partial charge in [-0.1, -0.05) is 26.0 Å². The molecule has 0 atom stereocenters. The number of thioether (sulfide) groups is 1. The monoisotopic (exact) mass is 300 g/mol. The van der Waals surface area contributed by atoms with Crippen molar-refractivity contribution in [1.29, 1.82) is 0 Å². The lowest BCUT2D eigenvalue weighted by atomic mass is 10.0. The van der Waals surface area contributed by atoms with Crippen molar-refractivity contribution in [2.45, 2.75) is 24.7 Å². The molecule has 0 unspecified atom stereocenters. The molecule has 4 heteroatoms. The van der Waals surface area contributed by atoms with E-state index in [0.29, 0.717) is 11.7 Å². The van der Waals surface area contributed by atoms with Crippen LogP contribution in [0.2, 0.25) is 0 Å². The second-order valence-corrected chi connectivity index (χ2v) is 6.23. The maximum Gasteiger partial charge on any atom is 0.234 e. The third-order valence-corrected chi connectivity index (χ3v) is 4.12. The number of carbonyl (C=O) groups is 1. The van der Waals surface area contributed by atoms with Crippen LogP contribution in [0.1, 0.15) is 25.3 Å². The first-order valence-electron chi connectivity index (χ1n) is 6.93. The van der Waals surface area contributed by atoms with E-state index in [9.17, 15) is 4.79 Å². The molecular formula is C17H20N2OS. The van der Waals surface area contributed by atoms with Crippen LogP contribution in [-0.2, 0) is 4.79 Å². The Morgan fingerprint density at radius 1 is 1.10 bits per heavy atom. The zero-order valence-corrected chi connectivity index (χ0v) is 13.1. The molecule has 2 aromatic carbocycles. The molecule has 0 saturated heterocycles. The Kier molecular flexibility index (Phi) is 5.28. The minimum Gasteiger partial charge on any atom is -0.399 e. The minimum atomic E-state index is -0.00544. The lowest BCUT2D eigenvalue weighted by Gasteiger charge is -2.08. The average molecular weight is 300 g/mol. The van der Waals surface area contributed by atoms with Gasteiger partial charge >= 0.3 is 0 Å². The van der Waals surface area contributed by atoms with Gasteiger partial charge in [0.2, 0.25) is 5.91 Å². The maximum absolute atomic E-state index is 11.9. The molecule has 2 aromatic rings. The van der Waals surface area contributed by atoms with Crippen molar-refractivity contribution in [3.8, 4) is 0 Å². The van der Waals surface area contributed by atoms with Gasteiger partial charge in [-0.3, -0.25) is 4.79 Å². The van der Waals surface area contributed by atoms with E-state index < -0.39 is 0 Å². The summed E-state index contributed by atoms with van der Waals surface area (Å²) in [6.07, 6.45) is 0. The number of anilines is 2. The van der Waals surface area contributed by atoms with Crippen molar-refractivity contribution in [2.75, 3.05) is 16.8 Å². The molecule has 0 aliphatic heterocycles. The van der Waals surface area contributed by atoms with Gasteiger partial charge in [-0.05, 0) is 47.9 Å². The summed E-state index contributed by atoms with van der Waals surface area (Å²) in [7, 11) is 0. The minimum absolute atomic E-state index is 0.00544. The number of nitrogens with two attached hydrogens (primary N) is 1. The van der Waals surface area contributed by atoms with Crippen molar-refractivity contribution in [1.82, 2.24) is 0 Å². The number of hydrogen-bond acceptors (Lipinski definition) is 3.